The van der Waals surface area contributed by atoms with Crippen molar-refractivity contribution >= 4 is 27.9 Å². The third-order valence-corrected chi connectivity index (χ3v) is 5.85. The van der Waals surface area contributed by atoms with Gasteiger partial charge in [-0.05, 0) is 54.2 Å². The molecule has 1 aromatic heterocycles. The van der Waals surface area contributed by atoms with E-state index >= 15 is 0 Å². The number of hydrogen-bond donors (Lipinski definition) is 1. The van der Waals surface area contributed by atoms with Crippen LogP contribution in [0.2, 0.25) is 0 Å². The molecule has 2 heterocycles. The second-order valence-corrected chi connectivity index (χ2v) is 7.40. The molecule has 3 aromatic rings. The smallest absolute Gasteiger partial charge is 0.161 e. The third kappa shape index (κ3) is 2.57. The molecule has 1 atom stereocenters. The summed E-state index contributed by atoms with van der Waals surface area (Å²) in [5, 5.41) is 4.80. The summed E-state index contributed by atoms with van der Waals surface area (Å²) in [7, 11) is 0. The van der Waals surface area contributed by atoms with Crippen molar-refractivity contribution in [1.82, 2.24) is 4.98 Å². The van der Waals surface area contributed by atoms with Crippen LogP contribution < -0.4 is 5.32 Å². The van der Waals surface area contributed by atoms with Crippen LogP contribution in [0.25, 0.3) is 16.5 Å². The minimum absolute atomic E-state index is 0.0691. The van der Waals surface area contributed by atoms with E-state index in [4.69, 9.17) is 0 Å². The normalized spacial score (nSPS) is 18.9. The number of benzene rings is 2. The molecule has 0 saturated heterocycles. The minimum Gasteiger partial charge on any atom is -0.373 e. The minimum atomic E-state index is -0.0691. The van der Waals surface area contributed by atoms with Gasteiger partial charge in [0.25, 0.3) is 0 Å². The van der Waals surface area contributed by atoms with Gasteiger partial charge < -0.3 is 5.32 Å². The molecule has 0 radical (unpaired) electrons. The number of anilines is 1. The SMILES string of the molecule is CCc1ccc(C2Nc3ccc4ncccc4c3C3=C2C(=O)CCC3)cc1. The van der Waals surface area contributed by atoms with Crippen LogP contribution in [0.15, 0.2) is 60.3 Å². The fourth-order valence-corrected chi connectivity index (χ4v) is 4.48. The number of nitrogens with zero attached hydrogens (tertiary/aromatic N) is 1. The van der Waals surface area contributed by atoms with E-state index < -0.39 is 0 Å². The van der Waals surface area contributed by atoms with E-state index in [2.05, 4.69) is 59.7 Å². The maximum atomic E-state index is 13.0. The van der Waals surface area contributed by atoms with Gasteiger partial charge in [-0.3, -0.25) is 9.78 Å². The summed E-state index contributed by atoms with van der Waals surface area (Å²) in [5.74, 6) is 0.278. The van der Waals surface area contributed by atoms with Crippen molar-refractivity contribution in [3.8, 4) is 0 Å². The van der Waals surface area contributed by atoms with Crippen LogP contribution in [-0.4, -0.2) is 10.8 Å². The van der Waals surface area contributed by atoms with Gasteiger partial charge in [-0.2, -0.15) is 0 Å². The quantitative estimate of drug-likeness (QED) is 0.663. The first-order chi connectivity index (χ1) is 13.3. The van der Waals surface area contributed by atoms with Crippen molar-refractivity contribution in [3.05, 3.63) is 77.0 Å². The number of carbonyl (C=O) groups excluding carboxylic acids is 1. The average Bonchev–Trinajstić information content (AvgIpc) is 2.73. The topological polar surface area (TPSA) is 42.0 Å². The van der Waals surface area contributed by atoms with Crippen LogP contribution in [-0.2, 0) is 11.2 Å². The second kappa shape index (κ2) is 6.34. The molecular weight excluding hydrogens is 332 g/mol. The number of allylic oxidation sites excluding steroid dienone is 1. The Morgan fingerprint density at radius 1 is 1.07 bits per heavy atom. The van der Waals surface area contributed by atoms with Gasteiger partial charge in [0.15, 0.2) is 5.78 Å². The monoisotopic (exact) mass is 354 g/mol. The van der Waals surface area contributed by atoms with E-state index in [-0.39, 0.29) is 11.8 Å². The maximum Gasteiger partial charge on any atom is 0.161 e. The molecule has 27 heavy (non-hydrogen) atoms. The lowest BCUT2D eigenvalue weighted by atomic mass is 9.77. The average molecular weight is 354 g/mol. The number of pyridine rings is 1. The maximum absolute atomic E-state index is 13.0. The number of carbonyl (C=O) groups is 1. The Morgan fingerprint density at radius 2 is 1.93 bits per heavy atom. The first-order valence-corrected chi connectivity index (χ1v) is 9.76. The Morgan fingerprint density at radius 3 is 2.74 bits per heavy atom. The van der Waals surface area contributed by atoms with Gasteiger partial charge in [-0.1, -0.05) is 37.3 Å². The number of ketones is 1. The molecule has 5 rings (SSSR count). The Kier molecular flexibility index (Phi) is 3.82. The van der Waals surface area contributed by atoms with Crippen LogP contribution in [0.1, 0.15) is 48.9 Å². The van der Waals surface area contributed by atoms with Crippen LogP contribution in [0, 0.1) is 0 Å². The van der Waals surface area contributed by atoms with Gasteiger partial charge in [0.2, 0.25) is 0 Å². The number of Topliss-reactive ketones (excluding diaryl/α,β-unsaturated/α-hetero) is 1. The van der Waals surface area contributed by atoms with Gasteiger partial charge in [0.05, 0.1) is 11.6 Å². The first-order valence-electron chi connectivity index (χ1n) is 9.76. The van der Waals surface area contributed by atoms with Crippen molar-refractivity contribution in [1.29, 1.82) is 0 Å². The fraction of sp³-hybridized carbons (Fsp3) is 0.250. The van der Waals surface area contributed by atoms with E-state index in [1.807, 2.05) is 12.3 Å². The molecule has 1 aliphatic heterocycles. The zero-order valence-corrected chi connectivity index (χ0v) is 15.5. The molecule has 3 heteroatoms. The largest absolute Gasteiger partial charge is 0.373 e. The summed E-state index contributed by atoms with van der Waals surface area (Å²) in [6, 6.07) is 16.9. The highest BCUT2D eigenvalue weighted by Gasteiger charge is 2.34. The molecule has 2 aromatic carbocycles. The second-order valence-electron chi connectivity index (χ2n) is 7.40. The zero-order valence-electron chi connectivity index (χ0n) is 15.5. The number of aromatic nitrogens is 1. The van der Waals surface area contributed by atoms with E-state index in [0.29, 0.717) is 6.42 Å². The van der Waals surface area contributed by atoms with Gasteiger partial charge in [0.1, 0.15) is 0 Å². The molecule has 3 nitrogen and oxygen atoms in total. The van der Waals surface area contributed by atoms with Gasteiger partial charge >= 0.3 is 0 Å². The third-order valence-electron chi connectivity index (χ3n) is 5.85. The molecule has 0 spiro atoms. The van der Waals surface area contributed by atoms with Crippen LogP contribution in [0.4, 0.5) is 5.69 Å². The van der Waals surface area contributed by atoms with E-state index in [0.717, 1.165) is 47.0 Å². The van der Waals surface area contributed by atoms with E-state index in [1.165, 1.54) is 16.7 Å². The molecule has 0 bridgehead atoms. The zero-order chi connectivity index (χ0) is 18.4. The summed E-state index contributed by atoms with van der Waals surface area (Å²) in [5.41, 5.74) is 7.90. The molecule has 134 valence electrons. The van der Waals surface area contributed by atoms with Gasteiger partial charge in [-0.25, -0.2) is 0 Å². The van der Waals surface area contributed by atoms with Gasteiger partial charge in [-0.15, -0.1) is 0 Å². The lowest BCUT2D eigenvalue weighted by Crippen LogP contribution is -2.27. The number of hydrogen-bond acceptors (Lipinski definition) is 3. The molecule has 0 amide bonds. The van der Waals surface area contributed by atoms with Crippen LogP contribution >= 0.6 is 0 Å². The number of nitrogens with one attached hydrogen (secondary N) is 1. The Labute approximate surface area is 159 Å². The van der Waals surface area contributed by atoms with E-state index in [9.17, 15) is 4.79 Å². The summed E-state index contributed by atoms with van der Waals surface area (Å²) in [6.45, 7) is 2.16. The van der Waals surface area contributed by atoms with Crippen LogP contribution in [0.3, 0.4) is 0 Å². The van der Waals surface area contributed by atoms with Gasteiger partial charge in [0, 0.05) is 34.8 Å². The summed E-state index contributed by atoms with van der Waals surface area (Å²) >= 11 is 0. The predicted molar refractivity (Wildman–Crippen MR) is 110 cm³/mol. The summed E-state index contributed by atoms with van der Waals surface area (Å²) in [4.78, 5) is 17.5. The molecule has 1 unspecified atom stereocenters. The molecule has 0 fully saturated rings. The lowest BCUT2D eigenvalue weighted by Gasteiger charge is -2.35. The molecule has 0 saturated carbocycles. The highest BCUT2D eigenvalue weighted by atomic mass is 16.1. The molecule has 1 N–H and O–H groups in total. The van der Waals surface area contributed by atoms with Crippen LogP contribution in [0.5, 0.6) is 0 Å². The van der Waals surface area contributed by atoms with E-state index in [1.54, 1.807) is 0 Å². The summed E-state index contributed by atoms with van der Waals surface area (Å²) < 4.78 is 0. The van der Waals surface area contributed by atoms with Crippen molar-refractivity contribution in [2.45, 2.75) is 38.6 Å². The Bertz CT molecular complexity index is 1080. The van der Waals surface area contributed by atoms with Crippen molar-refractivity contribution in [3.63, 3.8) is 0 Å². The number of aryl methyl sites for hydroxylation is 1. The predicted octanol–water partition coefficient (Wildman–Crippen LogP) is 5.47. The standard InChI is InChI=1S/C24H22N2O/c1-2-15-8-10-16(11-9-15)24-23-18(5-3-7-21(23)27)22-17-6-4-14-25-19(17)12-13-20(22)26-24/h4,6,8-14,24,26H,2-3,5,7H2,1H3. The lowest BCUT2D eigenvalue weighted by molar-refractivity contribution is -0.116. The fourth-order valence-electron chi connectivity index (χ4n) is 4.48. The Hall–Kier alpha value is -2.94. The highest BCUT2D eigenvalue weighted by Crippen LogP contribution is 2.47. The molecule has 1 aliphatic carbocycles. The van der Waals surface area contributed by atoms with Crippen molar-refractivity contribution in [2.24, 2.45) is 0 Å². The number of fused-ring (bicyclic) bond motifs is 4. The Balaban J connectivity index is 1.73. The molecule has 2 aliphatic rings. The number of rotatable bonds is 2. The van der Waals surface area contributed by atoms with Crippen molar-refractivity contribution < 1.29 is 4.79 Å². The highest BCUT2D eigenvalue weighted by molar-refractivity contribution is 6.12. The first kappa shape index (κ1) is 16.2. The van der Waals surface area contributed by atoms with Crippen molar-refractivity contribution in [2.75, 3.05) is 5.32 Å². The molecular formula is C24H22N2O. The summed E-state index contributed by atoms with van der Waals surface area (Å²) in [6.07, 6.45) is 5.36.